The lowest BCUT2D eigenvalue weighted by Gasteiger charge is -2.15. The van der Waals surface area contributed by atoms with E-state index < -0.39 is 0 Å². The minimum Gasteiger partial charge on any atom is -0.377 e. The van der Waals surface area contributed by atoms with Crippen LogP contribution < -0.4 is 5.32 Å². The Bertz CT molecular complexity index is 529. The summed E-state index contributed by atoms with van der Waals surface area (Å²) in [6.45, 7) is 2.04. The van der Waals surface area contributed by atoms with Crippen molar-refractivity contribution in [3.63, 3.8) is 0 Å². The molecule has 2 aromatic rings. The van der Waals surface area contributed by atoms with Crippen molar-refractivity contribution in [3.8, 4) is 0 Å². The summed E-state index contributed by atoms with van der Waals surface area (Å²) >= 11 is 10.8. The van der Waals surface area contributed by atoms with Crippen LogP contribution >= 0.6 is 38.9 Å². The van der Waals surface area contributed by atoms with E-state index in [0.717, 1.165) is 14.9 Å². The molecule has 0 saturated heterocycles. The first-order valence-electron chi connectivity index (χ1n) is 5.03. The van der Waals surface area contributed by atoms with Gasteiger partial charge in [0.05, 0.1) is 10.4 Å². The number of nitrogens with one attached hydrogen (secondary N) is 1. The summed E-state index contributed by atoms with van der Waals surface area (Å²) in [6, 6.07) is 8.58. The Kier molecular flexibility index (Phi) is 4.07. The molecule has 0 spiro atoms. The Morgan fingerprint density at radius 3 is 2.71 bits per heavy atom. The smallest absolute Gasteiger partial charge is 0.124 e. The van der Waals surface area contributed by atoms with Crippen LogP contribution in [0.1, 0.15) is 17.8 Å². The van der Waals surface area contributed by atoms with Crippen molar-refractivity contribution in [3.05, 3.63) is 49.8 Å². The predicted molar refractivity (Wildman–Crippen MR) is 75.5 cm³/mol. The number of anilines is 1. The minimum absolute atomic E-state index is 0.134. The maximum Gasteiger partial charge on any atom is 0.124 e. The molecule has 1 heterocycles. The van der Waals surface area contributed by atoms with Gasteiger partial charge in [0.15, 0.2) is 0 Å². The maximum atomic E-state index is 12.9. The van der Waals surface area contributed by atoms with Crippen LogP contribution in [-0.2, 0) is 0 Å². The lowest BCUT2D eigenvalue weighted by Crippen LogP contribution is -2.05. The first-order chi connectivity index (χ1) is 8.06. The second-order valence-electron chi connectivity index (χ2n) is 3.63. The van der Waals surface area contributed by atoms with Crippen LogP contribution in [0, 0.1) is 5.82 Å². The minimum atomic E-state index is -0.255. The van der Waals surface area contributed by atoms with Gasteiger partial charge >= 0.3 is 0 Å². The Morgan fingerprint density at radius 1 is 1.35 bits per heavy atom. The molecule has 1 nitrogen and oxygen atoms in total. The van der Waals surface area contributed by atoms with Crippen molar-refractivity contribution in [2.24, 2.45) is 0 Å². The van der Waals surface area contributed by atoms with E-state index in [4.69, 9.17) is 11.6 Å². The van der Waals surface area contributed by atoms with Gasteiger partial charge in [-0.15, -0.1) is 11.3 Å². The monoisotopic (exact) mass is 333 g/mol. The molecule has 1 unspecified atom stereocenters. The zero-order valence-corrected chi connectivity index (χ0v) is 12.2. The highest BCUT2D eigenvalue weighted by Crippen LogP contribution is 2.31. The van der Waals surface area contributed by atoms with Gasteiger partial charge in [0, 0.05) is 15.0 Å². The molecule has 0 radical (unpaired) electrons. The molecule has 2 rings (SSSR count). The summed E-state index contributed by atoms with van der Waals surface area (Å²) in [5.41, 5.74) is 0.864. The number of benzene rings is 1. The van der Waals surface area contributed by atoms with E-state index in [0.29, 0.717) is 4.47 Å². The van der Waals surface area contributed by atoms with Gasteiger partial charge in [0.25, 0.3) is 0 Å². The zero-order chi connectivity index (χ0) is 12.4. The lowest BCUT2D eigenvalue weighted by molar-refractivity contribution is 0.627. The SMILES string of the molecule is CC(Nc1ccc(F)cc1Br)c1ccc(Cl)s1. The summed E-state index contributed by atoms with van der Waals surface area (Å²) < 4.78 is 14.4. The number of thiophene rings is 1. The van der Waals surface area contributed by atoms with Crippen molar-refractivity contribution in [2.75, 3.05) is 5.32 Å². The number of halogens is 3. The van der Waals surface area contributed by atoms with Crippen molar-refractivity contribution >= 4 is 44.6 Å². The van der Waals surface area contributed by atoms with Gasteiger partial charge < -0.3 is 5.32 Å². The third kappa shape index (κ3) is 3.21. The molecule has 1 N–H and O–H groups in total. The summed E-state index contributed by atoms with van der Waals surface area (Å²) in [5.74, 6) is -0.255. The Labute approximate surface area is 117 Å². The van der Waals surface area contributed by atoms with Crippen LogP contribution in [0.5, 0.6) is 0 Å². The maximum absolute atomic E-state index is 12.9. The summed E-state index contributed by atoms with van der Waals surface area (Å²) in [4.78, 5) is 1.14. The Hall–Kier alpha value is -0.580. The van der Waals surface area contributed by atoms with E-state index in [1.54, 1.807) is 6.07 Å². The highest BCUT2D eigenvalue weighted by molar-refractivity contribution is 9.10. The van der Waals surface area contributed by atoms with Gasteiger partial charge in [0.2, 0.25) is 0 Å². The van der Waals surface area contributed by atoms with Crippen LogP contribution in [0.25, 0.3) is 0 Å². The predicted octanol–water partition coefficient (Wildman–Crippen LogP) is 5.48. The second-order valence-corrected chi connectivity index (χ2v) is 6.23. The van der Waals surface area contributed by atoms with Crippen LogP contribution in [0.3, 0.4) is 0 Å². The molecule has 90 valence electrons. The third-order valence-electron chi connectivity index (χ3n) is 2.32. The topological polar surface area (TPSA) is 12.0 Å². The molecule has 5 heteroatoms. The van der Waals surface area contributed by atoms with E-state index in [1.807, 2.05) is 19.1 Å². The third-order valence-corrected chi connectivity index (χ3v) is 4.39. The van der Waals surface area contributed by atoms with Gasteiger partial charge in [-0.25, -0.2) is 4.39 Å². The van der Waals surface area contributed by atoms with Gasteiger partial charge in [-0.3, -0.25) is 0 Å². The normalized spacial score (nSPS) is 12.5. The quantitative estimate of drug-likeness (QED) is 0.784. The Morgan fingerprint density at radius 2 is 2.12 bits per heavy atom. The first-order valence-corrected chi connectivity index (χ1v) is 7.02. The average molecular weight is 335 g/mol. The van der Waals surface area contributed by atoms with E-state index in [-0.39, 0.29) is 11.9 Å². The molecule has 0 aliphatic heterocycles. The van der Waals surface area contributed by atoms with Gasteiger partial charge in [-0.2, -0.15) is 0 Å². The fraction of sp³-hybridized carbons (Fsp3) is 0.167. The molecule has 0 bridgehead atoms. The highest BCUT2D eigenvalue weighted by atomic mass is 79.9. The molecule has 1 aromatic heterocycles. The van der Waals surface area contributed by atoms with Gasteiger partial charge in [-0.05, 0) is 53.2 Å². The first kappa shape index (κ1) is 12.9. The summed E-state index contributed by atoms with van der Waals surface area (Å²) in [5, 5.41) is 3.31. The summed E-state index contributed by atoms with van der Waals surface area (Å²) in [6.07, 6.45) is 0. The molecule has 1 atom stereocenters. The van der Waals surface area contributed by atoms with Crippen molar-refractivity contribution in [2.45, 2.75) is 13.0 Å². The van der Waals surface area contributed by atoms with E-state index in [1.165, 1.54) is 23.5 Å². The molecule has 0 saturated carbocycles. The van der Waals surface area contributed by atoms with Gasteiger partial charge in [0.1, 0.15) is 5.82 Å². The Balaban J connectivity index is 2.15. The lowest BCUT2D eigenvalue weighted by atomic mass is 10.2. The van der Waals surface area contributed by atoms with Crippen LogP contribution in [0.15, 0.2) is 34.8 Å². The van der Waals surface area contributed by atoms with Crippen molar-refractivity contribution in [1.29, 1.82) is 0 Å². The molecule has 0 aliphatic rings. The summed E-state index contributed by atoms with van der Waals surface area (Å²) in [7, 11) is 0. The highest BCUT2D eigenvalue weighted by Gasteiger charge is 2.10. The second kappa shape index (κ2) is 5.38. The molecule has 1 aromatic carbocycles. The zero-order valence-electron chi connectivity index (χ0n) is 9.01. The number of hydrogen-bond acceptors (Lipinski definition) is 2. The van der Waals surface area contributed by atoms with Crippen molar-refractivity contribution in [1.82, 2.24) is 0 Å². The number of rotatable bonds is 3. The molecule has 0 amide bonds. The molecular formula is C12H10BrClFNS. The largest absolute Gasteiger partial charge is 0.377 e. The fourth-order valence-electron chi connectivity index (χ4n) is 1.47. The molecule has 0 fully saturated rings. The van der Waals surface area contributed by atoms with Crippen LogP contribution in [0.2, 0.25) is 4.34 Å². The fourth-order valence-corrected chi connectivity index (χ4v) is 3.00. The molecular weight excluding hydrogens is 325 g/mol. The van der Waals surface area contributed by atoms with Crippen LogP contribution in [0.4, 0.5) is 10.1 Å². The molecule has 17 heavy (non-hydrogen) atoms. The van der Waals surface area contributed by atoms with E-state index in [9.17, 15) is 4.39 Å². The molecule has 0 aliphatic carbocycles. The van der Waals surface area contributed by atoms with E-state index >= 15 is 0 Å². The number of hydrogen-bond donors (Lipinski definition) is 1. The standard InChI is InChI=1S/C12H10BrClFNS/c1-7(11-4-5-12(14)17-11)16-10-3-2-8(15)6-9(10)13/h2-7,16H,1H3. The van der Waals surface area contributed by atoms with Gasteiger partial charge in [-0.1, -0.05) is 11.6 Å². The van der Waals surface area contributed by atoms with E-state index in [2.05, 4.69) is 21.2 Å². The van der Waals surface area contributed by atoms with Crippen molar-refractivity contribution < 1.29 is 4.39 Å². The average Bonchev–Trinajstić information content (AvgIpc) is 2.69. The van der Waals surface area contributed by atoms with Crippen LogP contribution in [-0.4, -0.2) is 0 Å².